The largest absolute Gasteiger partial charge is 0.377 e. The van der Waals surface area contributed by atoms with Crippen LogP contribution in [0.2, 0.25) is 0 Å². The molecule has 0 spiro atoms. The molecule has 0 aromatic heterocycles. The summed E-state index contributed by atoms with van der Waals surface area (Å²) in [6.07, 6.45) is 10.5. The number of unbranched alkanes of at least 4 members (excludes halogenated alkanes) is 6. The molecule has 0 aromatic rings. The summed E-state index contributed by atoms with van der Waals surface area (Å²) in [5.74, 6) is 10.9. The Hall–Kier alpha value is -1.22. The lowest BCUT2D eigenvalue weighted by atomic mass is 10.1. The molecule has 112 valence electrons. The first-order valence-electron chi connectivity index (χ1n) is 7.59. The van der Waals surface area contributed by atoms with E-state index in [1.165, 1.54) is 44.6 Å². The van der Waals surface area contributed by atoms with Gasteiger partial charge in [0.15, 0.2) is 0 Å². The molecule has 2 atom stereocenters. The van der Waals surface area contributed by atoms with Crippen LogP contribution in [0.1, 0.15) is 58.3 Å². The lowest BCUT2D eigenvalue weighted by Crippen LogP contribution is -2.07. The van der Waals surface area contributed by atoms with Gasteiger partial charge in [0.25, 0.3) is 0 Å². The molecule has 0 unspecified atom stereocenters. The zero-order chi connectivity index (χ0) is 15.1. The minimum absolute atomic E-state index is 0.0548. The van der Waals surface area contributed by atoms with E-state index in [0.29, 0.717) is 0 Å². The van der Waals surface area contributed by atoms with Gasteiger partial charge in [0.1, 0.15) is 12.2 Å². The topological polar surface area (TPSA) is 29.5 Å². The van der Waals surface area contributed by atoms with Crippen molar-refractivity contribution < 1.29 is 9.84 Å². The highest BCUT2D eigenvalue weighted by Gasteiger charge is 2.01. The van der Waals surface area contributed by atoms with E-state index in [-0.39, 0.29) is 6.10 Å². The number of hydrogen-bond acceptors (Lipinski definition) is 2. The van der Waals surface area contributed by atoms with Crippen LogP contribution >= 0.6 is 0 Å². The minimum Gasteiger partial charge on any atom is -0.377 e. The average molecular weight is 276 g/mol. The van der Waals surface area contributed by atoms with E-state index < -0.39 is 6.10 Å². The maximum atomic E-state index is 9.15. The third-order valence-electron chi connectivity index (χ3n) is 3.09. The number of hydrogen-bond donors (Lipinski definition) is 1. The van der Waals surface area contributed by atoms with Crippen LogP contribution in [-0.4, -0.2) is 24.4 Å². The van der Waals surface area contributed by atoms with Gasteiger partial charge in [-0.3, -0.25) is 0 Å². The molecule has 0 aliphatic rings. The monoisotopic (exact) mass is 276 g/mol. The van der Waals surface area contributed by atoms with E-state index in [1.807, 2.05) is 0 Å². The number of aliphatic hydroxyl groups is 1. The van der Waals surface area contributed by atoms with Crippen molar-refractivity contribution in [3.05, 3.63) is 12.7 Å². The molecule has 0 aliphatic heterocycles. The quantitative estimate of drug-likeness (QED) is 0.374. The van der Waals surface area contributed by atoms with Crippen LogP contribution in [0.4, 0.5) is 0 Å². The van der Waals surface area contributed by atoms with E-state index >= 15 is 0 Å². The fourth-order valence-electron chi connectivity index (χ4n) is 1.82. The SMILES string of the molecule is C=C[C@H](O)C#CC#C[C@@H](CCCCCCCCC)OC. The van der Waals surface area contributed by atoms with Gasteiger partial charge in [-0.25, -0.2) is 0 Å². The van der Waals surface area contributed by atoms with E-state index in [4.69, 9.17) is 9.84 Å². The lowest BCUT2D eigenvalue weighted by molar-refractivity contribution is 0.138. The molecule has 0 rings (SSSR count). The fraction of sp³-hybridized carbons (Fsp3) is 0.667. The summed E-state index contributed by atoms with van der Waals surface area (Å²) in [6.45, 7) is 5.68. The van der Waals surface area contributed by atoms with Crippen LogP contribution in [0.5, 0.6) is 0 Å². The summed E-state index contributed by atoms with van der Waals surface area (Å²) in [7, 11) is 1.67. The molecular formula is C18H28O2. The maximum absolute atomic E-state index is 9.15. The van der Waals surface area contributed by atoms with E-state index in [1.54, 1.807) is 7.11 Å². The zero-order valence-corrected chi connectivity index (χ0v) is 13.0. The molecule has 0 saturated carbocycles. The molecular weight excluding hydrogens is 248 g/mol. The highest BCUT2D eigenvalue weighted by atomic mass is 16.5. The Morgan fingerprint density at radius 3 is 2.25 bits per heavy atom. The molecule has 0 bridgehead atoms. The summed E-state index contributed by atoms with van der Waals surface area (Å²) in [4.78, 5) is 0. The van der Waals surface area contributed by atoms with Gasteiger partial charge in [0.2, 0.25) is 0 Å². The Labute approximate surface area is 124 Å². The fourth-order valence-corrected chi connectivity index (χ4v) is 1.82. The first kappa shape index (κ1) is 18.8. The second-order valence-electron chi connectivity index (χ2n) is 4.85. The first-order chi connectivity index (χ1) is 9.74. The first-order valence-corrected chi connectivity index (χ1v) is 7.59. The number of aliphatic hydroxyl groups excluding tert-OH is 1. The Morgan fingerprint density at radius 2 is 1.65 bits per heavy atom. The minimum atomic E-state index is -0.798. The predicted octanol–water partition coefficient (Wildman–Crippen LogP) is 3.70. The van der Waals surface area contributed by atoms with Crippen LogP contribution in [0.25, 0.3) is 0 Å². The standard InChI is InChI=1S/C18H28O2/c1-4-6-7-8-9-10-11-15-18(20-3)16-13-12-14-17(19)5-2/h5,17-19H,2,4,6-11,15H2,1,3H3/t17-,18+/m0/s1. The van der Waals surface area contributed by atoms with Gasteiger partial charge in [-0.2, -0.15) is 0 Å². The van der Waals surface area contributed by atoms with Crippen molar-refractivity contribution in [3.8, 4) is 23.7 Å². The van der Waals surface area contributed by atoms with Crippen LogP contribution in [-0.2, 0) is 4.74 Å². The highest BCUT2D eigenvalue weighted by molar-refractivity contribution is 5.29. The Bertz CT molecular complexity index is 351. The van der Waals surface area contributed by atoms with Crippen molar-refractivity contribution in [2.75, 3.05) is 7.11 Å². The summed E-state index contributed by atoms with van der Waals surface area (Å²) < 4.78 is 5.30. The molecule has 0 fully saturated rings. The van der Waals surface area contributed by atoms with Gasteiger partial charge in [0.05, 0.1) is 0 Å². The van der Waals surface area contributed by atoms with Gasteiger partial charge >= 0.3 is 0 Å². The molecule has 1 N–H and O–H groups in total. The lowest BCUT2D eigenvalue weighted by Gasteiger charge is -2.07. The summed E-state index contributed by atoms with van der Waals surface area (Å²) in [5.41, 5.74) is 0. The van der Waals surface area contributed by atoms with Gasteiger partial charge in [0, 0.05) is 7.11 Å². The Balaban J connectivity index is 3.78. The highest BCUT2D eigenvalue weighted by Crippen LogP contribution is 2.10. The number of methoxy groups -OCH3 is 1. The second-order valence-corrected chi connectivity index (χ2v) is 4.85. The second kappa shape index (κ2) is 14.2. The van der Waals surface area contributed by atoms with E-state index in [9.17, 15) is 0 Å². The number of rotatable bonds is 10. The van der Waals surface area contributed by atoms with E-state index in [0.717, 1.165) is 12.8 Å². The van der Waals surface area contributed by atoms with Crippen molar-refractivity contribution >= 4 is 0 Å². The van der Waals surface area contributed by atoms with Crippen molar-refractivity contribution in [2.24, 2.45) is 0 Å². The normalized spacial score (nSPS) is 12.6. The van der Waals surface area contributed by atoms with Crippen molar-refractivity contribution in [1.82, 2.24) is 0 Å². The predicted molar refractivity (Wildman–Crippen MR) is 85.2 cm³/mol. The average Bonchev–Trinajstić information content (AvgIpc) is 2.48. The van der Waals surface area contributed by atoms with Gasteiger partial charge in [-0.1, -0.05) is 69.9 Å². The molecule has 2 nitrogen and oxygen atoms in total. The van der Waals surface area contributed by atoms with Crippen LogP contribution in [0, 0.1) is 23.7 Å². The molecule has 0 radical (unpaired) electrons. The van der Waals surface area contributed by atoms with Crippen molar-refractivity contribution in [1.29, 1.82) is 0 Å². The summed E-state index contributed by atoms with van der Waals surface area (Å²) in [6, 6.07) is 0. The van der Waals surface area contributed by atoms with Crippen LogP contribution in [0.15, 0.2) is 12.7 Å². The number of ether oxygens (including phenoxy) is 1. The van der Waals surface area contributed by atoms with Crippen LogP contribution in [0.3, 0.4) is 0 Å². The Kier molecular flexibility index (Phi) is 13.3. The molecule has 0 aromatic carbocycles. The summed E-state index contributed by atoms with van der Waals surface area (Å²) >= 11 is 0. The van der Waals surface area contributed by atoms with Gasteiger partial charge < -0.3 is 9.84 Å². The van der Waals surface area contributed by atoms with Gasteiger partial charge in [-0.15, -0.1) is 0 Å². The summed E-state index contributed by atoms with van der Waals surface area (Å²) in [5, 5.41) is 9.15. The third-order valence-corrected chi connectivity index (χ3v) is 3.09. The molecule has 2 heteroatoms. The van der Waals surface area contributed by atoms with E-state index in [2.05, 4.69) is 37.2 Å². The molecule has 20 heavy (non-hydrogen) atoms. The Morgan fingerprint density at radius 1 is 1.05 bits per heavy atom. The molecule has 0 amide bonds. The third kappa shape index (κ3) is 11.8. The van der Waals surface area contributed by atoms with Crippen LogP contribution < -0.4 is 0 Å². The molecule has 0 saturated heterocycles. The maximum Gasteiger partial charge on any atom is 0.134 e. The molecule has 0 aliphatic carbocycles. The smallest absolute Gasteiger partial charge is 0.134 e. The van der Waals surface area contributed by atoms with Crippen molar-refractivity contribution in [2.45, 2.75) is 70.5 Å². The van der Waals surface area contributed by atoms with Crippen molar-refractivity contribution in [3.63, 3.8) is 0 Å². The zero-order valence-electron chi connectivity index (χ0n) is 13.0. The molecule has 0 heterocycles. The van der Waals surface area contributed by atoms with Gasteiger partial charge in [-0.05, 0) is 24.7 Å².